The minimum atomic E-state index is -0.508. The summed E-state index contributed by atoms with van der Waals surface area (Å²) in [5, 5.41) is 7.16. The first-order chi connectivity index (χ1) is 12.6. The van der Waals surface area contributed by atoms with Gasteiger partial charge in [-0.1, -0.05) is 35.0 Å². The first-order valence-electron chi connectivity index (χ1n) is 7.76. The van der Waals surface area contributed by atoms with Gasteiger partial charge in [-0.15, -0.1) is 11.3 Å². The van der Waals surface area contributed by atoms with Gasteiger partial charge in [-0.05, 0) is 43.3 Å². The van der Waals surface area contributed by atoms with E-state index in [4.69, 9.17) is 21.2 Å². The Kier molecular flexibility index (Phi) is 5.99. The maximum atomic E-state index is 11.9. The molecule has 5 nitrogen and oxygen atoms in total. The summed E-state index contributed by atoms with van der Waals surface area (Å²) < 4.78 is 5.66. The molecule has 0 aliphatic heterocycles. The molecular weight excluding hydrogens is 372 g/mol. The summed E-state index contributed by atoms with van der Waals surface area (Å²) in [4.78, 5) is 21.3. The molecule has 0 unspecified atom stereocenters. The lowest BCUT2D eigenvalue weighted by molar-refractivity contribution is 0.0516. The van der Waals surface area contributed by atoms with Crippen LogP contribution in [0.15, 0.2) is 65.1 Å². The van der Waals surface area contributed by atoms with Gasteiger partial charge < -0.3 is 9.57 Å². The van der Waals surface area contributed by atoms with Gasteiger partial charge in [0.2, 0.25) is 0 Å². The van der Waals surface area contributed by atoms with Crippen LogP contribution in [-0.2, 0) is 11.4 Å². The van der Waals surface area contributed by atoms with E-state index in [0.29, 0.717) is 34.3 Å². The second kappa shape index (κ2) is 8.60. The van der Waals surface area contributed by atoms with E-state index in [2.05, 4.69) is 10.1 Å². The van der Waals surface area contributed by atoms with Crippen molar-refractivity contribution in [3.8, 4) is 5.75 Å². The van der Waals surface area contributed by atoms with E-state index >= 15 is 0 Å². The summed E-state index contributed by atoms with van der Waals surface area (Å²) in [6.07, 6.45) is 0. The summed E-state index contributed by atoms with van der Waals surface area (Å²) in [7, 11) is 0. The molecule has 0 atom stereocenters. The normalized spacial score (nSPS) is 11.2. The molecule has 26 heavy (non-hydrogen) atoms. The third-order valence-corrected chi connectivity index (χ3v) is 4.45. The number of oxime groups is 1. The van der Waals surface area contributed by atoms with E-state index in [1.165, 1.54) is 11.3 Å². The van der Waals surface area contributed by atoms with Gasteiger partial charge in [0, 0.05) is 10.4 Å². The first kappa shape index (κ1) is 18.1. The van der Waals surface area contributed by atoms with Crippen LogP contribution in [0.25, 0.3) is 0 Å². The minimum Gasteiger partial charge on any atom is -0.486 e. The van der Waals surface area contributed by atoms with Gasteiger partial charge in [-0.25, -0.2) is 9.78 Å². The molecule has 1 aromatic heterocycles. The number of carbonyl (C=O) groups excluding carboxylic acids is 1. The van der Waals surface area contributed by atoms with Crippen LogP contribution in [0.3, 0.4) is 0 Å². The van der Waals surface area contributed by atoms with Crippen molar-refractivity contribution < 1.29 is 14.4 Å². The summed E-state index contributed by atoms with van der Waals surface area (Å²) in [6, 6.07) is 15.8. The molecule has 0 bridgehead atoms. The van der Waals surface area contributed by atoms with Crippen LogP contribution in [0.1, 0.15) is 28.0 Å². The van der Waals surface area contributed by atoms with Gasteiger partial charge in [0.05, 0.1) is 11.3 Å². The van der Waals surface area contributed by atoms with Gasteiger partial charge in [0.15, 0.2) is 0 Å². The molecule has 0 fully saturated rings. The second-order valence-electron chi connectivity index (χ2n) is 5.29. The number of rotatable bonds is 6. The maximum absolute atomic E-state index is 11.9. The number of nitrogens with zero attached hydrogens (tertiary/aromatic N) is 2. The van der Waals surface area contributed by atoms with Gasteiger partial charge in [0.1, 0.15) is 23.1 Å². The van der Waals surface area contributed by atoms with Crippen molar-refractivity contribution in [2.75, 3.05) is 0 Å². The molecule has 2 aromatic carbocycles. The average Bonchev–Trinajstić information content (AvgIpc) is 3.15. The van der Waals surface area contributed by atoms with Crippen LogP contribution >= 0.6 is 22.9 Å². The molecule has 0 spiro atoms. The molecule has 0 amide bonds. The lowest BCUT2D eigenvalue weighted by atomic mass is 10.2. The monoisotopic (exact) mass is 386 g/mol. The molecule has 0 N–H and O–H groups in total. The summed E-state index contributed by atoms with van der Waals surface area (Å²) >= 11 is 7.29. The predicted octanol–water partition coefficient (Wildman–Crippen LogP) is 4.96. The van der Waals surface area contributed by atoms with E-state index in [1.807, 2.05) is 11.4 Å². The van der Waals surface area contributed by atoms with Crippen LogP contribution in [0.2, 0.25) is 5.02 Å². The fourth-order valence-electron chi connectivity index (χ4n) is 2.00. The third kappa shape index (κ3) is 4.91. The first-order valence-corrected chi connectivity index (χ1v) is 9.02. The Morgan fingerprint density at radius 3 is 2.62 bits per heavy atom. The number of hydrogen-bond acceptors (Lipinski definition) is 6. The van der Waals surface area contributed by atoms with Crippen molar-refractivity contribution in [1.82, 2.24) is 4.98 Å². The van der Waals surface area contributed by atoms with Crippen molar-refractivity contribution in [2.45, 2.75) is 13.5 Å². The summed E-state index contributed by atoms with van der Waals surface area (Å²) in [5.41, 5.74) is 1.60. The summed E-state index contributed by atoms with van der Waals surface area (Å²) in [5.74, 6) is 0.208. The van der Waals surface area contributed by atoms with Crippen molar-refractivity contribution in [1.29, 1.82) is 0 Å². The highest BCUT2D eigenvalue weighted by atomic mass is 35.5. The SMILES string of the molecule is C/C(=N\OC(=O)c1ccccc1)c1csc(COc2ccc(Cl)cc2)n1. The molecule has 3 rings (SSSR count). The Hall–Kier alpha value is -2.70. The highest BCUT2D eigenvalue weighted by Crippen LogP contribution is 2.18. The Morgan fingerprint density at radius 2 is 1.88 bits per heavy atom. The zero-order valence-corrected chi connectivity index (χ0v) is 15.5. The molecule has 0 radical (unpaired) electrons. The zero-order chi connectivity index (χ0) is 18.4. The number of thiazole rings is 1. The van der Waals surface area contributed by atoms with E-state index < -0.39 is 5.97 Å². The fourth-order valence-corrected chi connectivity index (χ4v) is 2.88. The molecule has 1 heterocycles. The second-order valence-corrected chi connectivity index (χ2v) is 6.67. The van der Waals surface area contributed by atoms with E-state index in [0.717, 1.165) is 5.01 Å². The molecular formula is C19H15ClN2O3S. The third-order valence-electron chi connectivity index (χ3n) is 3.37. The minimum absolute atomic E-state index is 0.337. The Labute approximate surface area is 159 Å². The number of hydrogen-bond donors (Lipinski definition) is 0. The lowest BCUT2D eigenvalue weighted by Crippen LogP contribution is -2.04. The standard InChI is InChI=1S/C19H15ClN2O3S/c1-13(22-25-19(23)14-5-3-2-4-6-14)17-12-26-18(21-17)11-24-16-9-7-15(20)8-10-16/h2-10,12H,11H2,1H3/b22-13+. The molecule has 3 aromatic rings. The van der Waals surface area contributed by atoms with Crippen molar-refractivity contribution in [3.05, 3.63) is 81.3 Å². The highest BCUT2D eigenvalue weighted by Gasteiger charge is 2.09. The number of aromatic nitrogens is 1. The average molecular weight is 387 g/mol. The van der Waals surface area contributed by atoms with Crippen molar-refractivity contribution in [3.63, 3.8) is 0 Å². The van der Waals surface area contributed by atoms with Crippen molar-refractivity contribution in [2.24, 2.45) is 5.16 Å². The fraction of sp³-hybridized carbons (Fsp3) is 0.105. The van der Waals surface area contributed by atoms with Crippen LogP contribution in [0.5, 0.6) is 5.75 Å². The molecule has 0 aliphatic carbocycles. The number of halogens is 1. The van der Waals surface area contributed by atoms with Gasteiger partial charge >= 0.3 is 5.97 Å². The van der Waals surface area contributed by atoms with Gasteiger partial charge in [-0.2, -0.15) is 0 Å². The topological polar surface area (TPSA) is 60.8 Å². The Bertz CT molecular complexity index is 908. The number of benzene rings is 2. The summed E-state index contributed by atoms with van der Waals surface area (Å²) in [6.45, 7) is 2.07. The van der Waals surface area contributed by atoms with E-state index in [9.17, 15) is 4.79 Å². The Balaban J connectivity index is 1.57. The Morgan fingerprint density at radius 1 is 1.15 bits per heavy atom. The van der Waals surface area contributed by atoms with Crippen LogP contribution < -0.4 is 4.74 Å². The van der Waals surface area contributed by atoms with Gasteiger partial charge in [0.25, 0.3) is 0 Å². The lowest BCUT2D eigenvalue weighted by Gasteiger charge is -2.03. The highest BCUT2D eigenvalue weighted by molar-refractivity contribution is 7.09. The smallest absolute Gasteiger partial charge is 0.365 e. The van der Waals surface area contributed by atoms with Crippen LogP contribution in [0.4, 0.5) is 0 Å². The molecule has 132 valence electrons. The van der Waals surface area contributed by atoms with Crippen LogP contribution in [0, 0.1) is 0 Å². The predicted molar refractivity (Wildman–Crippen MR) is 102 cm³/mol. The zero-order valence-electron chi connectivity index (χ0n) is 13.9. The molecule has 0 saturated heterocycles. The van der Waals surface area contributed by atoms with E-state index in [-0.39, 0.29) is 0 Å². The largest absolute Gasteiger partial charge is 0.486 e. The van der Waals surface area contributed by atoms with Crippen LogP contribution in [-0.4, -0.2) is 16.7 Å². The molecule has 7 heteroatoms. The van der Waals surface area contributed by atoms with E-state index in [1.54, 1.807) is 55.5 Å². The number of carbonyl (C=O) groups is 1. The maximum Gasteiger partial charge on any atom is 0.365 e. The number of ether oxygens (including phenoxy) is 1. The molecule has 0 aliphatic rings. The van der Waals surface area contributed by atoms with Crippen molar-refractivity contribution >= 4 is 34.6 Å². The quantitative estimate of drug-likeness (QED) is 0.341. The molecule has 0 saturated carbocycles. The van der Waals surface area contributed by atoms with Gasteiger partial charge in [-0.3, -0.25) is 0 Å².